The molecule has 3 nitrogen and oxygen atoms in total. The fourth-order valence-electron chi connectivity index (χ4n) is 1.49. The lowest BCUT2D eigenvalue weighted by Gasteiger charge is -2.07. The van der Waals surface area contributed by atoms with Gasteiger partial charge in [0.2, 0.25) is 0 Å². The predicted octanol–water partition coefficient (Wildman–Crippen LogP) is 2.31. The van der Waals surface area contributed by atoms with Crippen LogP contribution < -0.4 is 5.73 Å². The van der Waals surface area contributed by atoms with Gasteiger partial charge in [0.1, 0.15) is 10.8 Å². The summed E-state index contributed by atoms with van der Waals surface area (Å²) in [5, 5.41) is 4.11. The largest absolute Gasteiger partial charge is 0.389 e. The summed E-state index contributed by atoms with van der Waals surface area (Å²) in [7, 11) is 0. The van der Waals surface area contributed by atoms with Gasteiger partial charge in [-0.2, -0.15) is 5.10 Å². The predicted molar refractivity (Wildman–Crippen MR) is 76.3 cm³/mol. The van der Waals surface area contributed by atoms with Crippen LogP contribution >= 0.6 is 34.8 Å². The van der Waals surface area contributed by atoms with Gasteiger partial charge in [0.15, 0.2) is 0 Å². The van der Waals surface area contributed by atoms with E-state index in [0.717, 1.165) is 3.57 Å². The number of nitrogens with zero attached hydrogens (tertiary/aromatic N) is 2. The molecule has 1 aromatic heterocycles. The minimum absolute atomic E-state index is 0.0689. The van der Waals surface area contributed by atoms with Crippen molar-refractivity contribution in [1.82, 2.24) is 9.78 Å². The van der Waals surface area contributed by atoms with E-state index >= 15 is 0 Å². The lowest BCUT2D eigenvalue weighted by molar-refractivity contribution is 0.583. The van der Waals surface area contributed by atoms with Crippen molar-refractivity contribution in [1.29, 1.82) is 0 Å². The molecule has 0 amide bonds. The van der Waals surface area contributed by atoms with E-state index in [1.54, 1.807) is 29.1 Å². The molecule has 0 aliphatic carbocycles. The van der Waals surface area contributed by atoms with Gasteiger partial charge >= 0.3 is 0 Å². The molecule has 0 bridgehead atoms. The summed E-state index contributed by atoms with van der Waals surface area (Å²) in [5.41, 5.74) is 6.25. The molecule has 0 aliphatic rings. The highest BCUT2D eigenvalue weighted by Crippen LogP contribution is 2.14. The van der Waals surface area contributed by atoms with E-state index in [-0.39, 0.29) is 16.4 Å². The van der Waals surface area contributed by atoms with Crippen LogP contribution in [0.25, 0.3) is 0 Å². The number of thiocarbonyl (C=S) groups is 1. The van der Waals surface area contributed by atoms with Crippen LogP contribution in [0.15, 0.2) is 30.6 Å². The molecule has 2 aromatic rings. The van der Waals surface area contributed by atoms with E-state index in [9.17, 15) is 4.39 Å². The minimum Gasteiger partial charge on any atom is -0.389 e. The third-order valence-electron chi connectivity index (χ3n) is 2.28. The average Bonchev–Trinajstić information content (AvgIpc) is 2.67. The number of halogens is 2. The van der Waals surface area contributed by atoms with Gasteiger partial charge in [-0.1, -0.05) is 24.4 Å². The molecule has 1 aromatic carbocycles. The van der Waals surface area contributed by atoms with Gasteiger partial charge in [0, 0.05) is 17.3 Å². The third kappa shape index (κ3) is 2.81. The molecule has 0 unspecified atom stereocenters. The molecule has 0 radical (unpaired) electrons. The van der Waals surface area contributed by atoms with Crippen molar-refractivity contribution < 1.29 is 4.39 Å². The van der Waals surface area contributed by atoms with Crippen LogP contribution in [0.3, 0.4) is 0 Å². The lowest BCUT2D eigenvalue weighted by Crippen LogP contribution is -2.14. The lowest BCUT2D eigenvalue weighted by atomic mass is 10.1. The molecular formula is C11H9FIN3S. The van der Waals surface area contributed by atoms with Crippen molar-refractivity contribution in [2.24, 2.45) is 5.73 Å². The smallest absolute Gasteiger partial charge is 0.138 e. The van der Waals surface area contributed by atoms with Crippen molar-refractivity contribution in [3.8, 4) is 0 Å². The summed E-state index contributed by atoms with van der Waals surface area (Å²) in [4.78, 5) is 0.0689. The van der Waals surface area contributed by atoms with Crippen molar-refractivity contribution in [3.05, 3.63) is 51.1 Å². The summed E-state index contributed by atoms with van der Waals surface area (Å²) < 4.78 is 16.7. The quantitative estimate of drug-likeness (QED) is 0.674. The maximum Gasteiger partial charge on any atom is 0.138 e. The van der Waals surface area contributed by atoms with Gasteiger partial charge in [-0.05, 0) is 28.7 Å². The molecular weight excluding hydrogens is 352 g/mol. The molecule has 0 spiro atoms. The van der Waals surface area contributed by atoms with E-state index in [1.165, 1.54) is 0 Å². The highest BCUT2D eigenvalue weighted by molar-refractivity contribution is 14.1. The Labute approximate surface area is 117 Å². The number of rotatable bonds is 3. The van der Waals surface area contributed by atoms with Gasteiger partial charge in [-0.3, -0.25) is 4.68 Å². The molecule has 0 saturated heterocycles. The Bertz CT molecular complexity index is 568. The van der Waals surface area contributed by atoms with Crippen LogP contribution in [0, 0.1) is 9.39 Å². The van der Waals surface area contributed by atoms with E-state index < -0.39 is 0 Å². The average molecular weight is 361 g/mol. The van der Waals surface area contributed by atoms with E-state index in [0.29, 0.717) is 12.1 Å². The molecule has 0 atom stereocenters. The molecule has 2 N–H and O–H groups in total. The molecule has 2 rings (SSSR count). The fourth-order valence-corrected chi connectivity index (χ4v) is 2.10. The Morgan fingerprint density at radius 2 is 2.29 bits per heavy atom. The summed E-state index contributed by atoms with van der Waals surface area (Å²) in [6.45, 7) is 0.366. The van der Waals surface area contributed by atoms with Crippen LogP contribution in [0.2, 0.25) is 0 Å². The Morgan fingerprint density at radius 1 is 1.53 bits per heavy atom. The van der Waals surface area contributed by atoms with Gasteiger partial charge in [-0.25, -0.2) is 4.39 Å². The maximum atomic E-state index is 14.0. The van der Waals surface area contributed by atoms with Crippen molar-refractivity contribution in [2.75, 3.05) is 0 Å². The number of benzene rings is 1. The zero-order valence-corrected chi connectivity index (χ0v) is 11.7. The molecule has 88 valence electrons. The van der Waals surface area contributed by atoms with Gasteiger partial charge < -0.3 is 5.73 Å². The maximum absolute atomic E-state index is 14.0. The molecule has 17 heavy (non-hydrogen) atoms. The van der Waals surface area contributed by atoms with Crippen LogP contribution in [0.1, 0.15) is 11.1 Å². The monoisotopic (exact) mass is 361 g/mol. The first-order valence-electron chi connectivity index (χ1n) is 4.83. The van der Waals surface area contributed by atoms with Gasteiger partial charge in [-0.15, -0.1) is 0 Å². The summed E-state index contributed by atoms with van der Waals surface area (Å²) in [6, 6.07) is 5.01. The third-order valence-corrected chi connectivity index (χ3v) is 3.06. The van der Waals surface area contributed by atoms with Crippen molar-refractivity contribution >= 4 is 39.8 Å². The second-order valence-electron chi connectivity index (χ2n) is 3.50. The topological polar surface area (TPSA) is 43.8 Å². The van der Waals surface area contributed by atoms with Crippen LogP contribution in [-0.4, -0.2) is 14.8 Å². The summed E-state index contributed by atoms with van der Waals surface area (Å²) in [6.07, 6.45) is 3.56. The Morgan fingerprint density at radius 3 is 2.88 bits per heavy atom. The molecule has 6 heteroatoms. The number of hydrogen-bond donors (Lipinski definition) is 1. The van der Waals surface area contributed by atoms with Gasteiger partial charge in [0.25, 0.3) is 0 Å². The highest BCUT2D eigenvalue weighted by atomic mass is 127. The first-order valence-corrected chi connectivity index (χ1v) is 6.32. The second-order valence-corrected chi connectivity index (χ2v) is 5.18. The second kappa shape index (κ2) is 5.09. The minimum atomic E-state index is -0.370. The number of nitrogens with two attached hydrogens (primary N) is 1. The zero-order chi connectivity index (χ0) is 12.4. The van der Waals surface area contributed by atoms with E-state index in [4.69, 9.17) is 18.0 Å². The Balaban J connectivity index is 2.33. The fraction of sp³-hybridized carbons (Fsp3) is 0.0909. The van der Waals surface area contributed by atoms with Crippen LogP contribution in [0.5, 0.6) is 0 Å². The molecule has 1 heterocycles. The van der Waals surface area contributed by atoms with E-state index in [2.05, 4.69) is 27.7 Å². The van der Waals surface area contributed by atoms with Crippen LogP contribution in [-0.2, 0) is 6.54 Å². The first kappa shape index (κ1) is 12.4. The van der Waals surface area contributed by atoms with E-state index in [1.807, 2.05) is 6.20 Å². The number of aromatic nitrogens is 2. The summed E-state index contributed by atoms with van der Waals surface area (Å²) >= 11 is 6.94. The molecule has 0 aliphatic heterocycles. The molecule has 0 fully saturated rings. The SMILES string of the molecule is NC(=S)c1cccc(Cn2cc(I)cn2)c1F. The van der Waals surface area contributed by atoms with Crippen LogP contribution in [0.4, 0.5) is 4.39 Å². The molecule has 0 saturated carbocycles. The Hall–Kier alpha value is -1.02. The normalized spacial score (nSPS) is 10.5. The van der Waals surface area contributed by atoms with Crippen molar-refractivity contribution in [2.45, 2.75) is 6.54 Å². The van der Waals surface area contributed by atoms with Gasteiger partial charge in [0.05, 0.1) is 16.3 Å². The van der Waals surface area contributed by atoms with Crippen molar-refractivity contribution in [3.63, 3.8) is 0 Å². The highest BCUT2D eigenvalue weighted by Gasteiger charge is 2.10. The first-order chi connectivity index (χ1) is 8.08. The summed E-state index contributed by atoms with van der Waals surface area (Å²) in [5.74, 6) is -0.370. The Kier molecular flexibility index (Phi) is 3.72. The number of hydrogen-bond acceptors (Lipinski definition) is 2. The standard InChI is InChI=1S/C11H9FIN3S/c12-10-7(2-1-3-9(10)11(14)17)5-16-6-8(13)4-15-16/h1-4,6H,5H2,(H2,14,17). The zero-order valence-electron chi connectivity index (χ0n) is 8.73.